The van der Waals surface area contributed by atoms with Gasteiger partial charge in [0.15, 0.2) is 0 Å². The van der Waals surface area contributed by atoms with Crippen LogP contribution in [0.4, 0.5) is 0 Å². The Bertz CT molecular complexity index is 473. The molecule has 1 aliphatic rings. The van der Waals surface area contributed by atoms with Crippen molar-refractivity contribution in [3.05, 3.63) is 29.3 Å². The van der Waals surface area contributed by atoms with Crippen molar-refractivity contribution in [2.75, 3.05) is 18.8 Å². The second-order valence-corrected chi connectivity index (χ2v) is 6.81. The third-order valence-electron chi connectivity index (χ3n) is 3.73. The van der Waals surface area contributed by atoms with E-state index in [4.69, 9.17) is 17.3 Å². The van der Waals surface area contributed by atoms with E-state index in [2.05, 4.69) is 6.92 Å². The van der Waals surface area contributed by atoms with Crippen molar-refractivity contribution >= 4 is 41.7 Å². The lowest BCUT2D eigenvalue weighted by atomic mass is 10.1. The molecule has 3 nitrogen and oxygen atoms in total. The highest BCUT2D eigenvalue weighted by atomic mass is 35.5. The monoisotopic (exact) mass is 348 g/mol. The number of amides is 1. The first-order valence-electron chi connectivity index (χ1n) is 6.98. The summed E-state index contributed by atoms with van der Waals surface area (Å²) in [4.78, 5) is 15.2. The van der Waals surface area contributed by atoms with Crippen LogP contribution in [0.3, 0.4) is 0 Å². The summed E-state index contributed by atoms with van der Waals surface area (Å²) in [5.74, 6) is 1.46. The maximum Gasteiger partial charge on any atom is 0.223 e. The quantitative estimate of drug-likeness (QED) is 0.829. The Morgan fingerprint density at radius 3 is 2.81 bits per heavy atom. The molecule has 2 atom stereocenters. The van der Waals surface area contributed by atoms with Crippen LogP contribution in [0.15, 0.2) is 29.2 Å². The van der Waals surface area contributed by atoms with Gasteiger partial charge in [-0.2, -0.15) is 0 Å². The molecule has 0 aromatic heterocycles. The molecule has 2 rings (SSSR count). The first-order chi connectivity index (χ1) is 9.61. The van der Waals surface area contributed by atoms with Gasteiger partial charge in [-0.15, -0.1) is 24.2 Å². The number of hydrogen-bond acceptors (Lipinski definition) is 3. The van der Waals surface area contributed by atoms with E-state index in [0.29, 0.717) is 24.9 Å². The molecule has 21 heavy (non-hydrogen) atoms. The Morgan fingerprint density at radius 2 is 2.19 bits per heavy atom. The maximum absolute atomic E-state index is 12.2. The summed E-state index contributed by atoms with van der Waals surface area (Å²) in [7, 11) is 0. The fraction of sp³-hybridized carbons (Fsp3) is 0.533. The largest absolute Gasteiger partial charge is 0.340 e. The highest BCUT2D eigenvalue weighted by molar-refractivity contribution is 7.99. The molecular weight excluding hydrogens is 327 g/mol. The zero-order chi connectivity index (χ0) is 14.5. The number of likely N-dealkylation sites (tertiary alicyclic amines) is 1. The summed E-state index contributed by atoms with van der Waals surface area (Å²) in [5, 5.41) is 0.752. The Labute approximate surface area is 142 Å². The number of hydrogen-bond donors (Lipinski definition) is 1. The molecule has 0 aliphatic carbocycles. The van der Waals surface area contributed by atoms with Crippen molar-refractivity contribution in [3.63, 3.8) is 0 Å². The lowest BCUT2D eigenvalue weighted by Gasteiger charge is -2.21. The van der Waals surface area contributed by atoms with Crippen LogP contribution in [0, 0.1) is 5.92 Å². The molecule has 1 aliphatic heterocycles. The molecule has 1 fully saturated rings. The predicted octanol–water partition coefficient (Wildman–Crippen LogP) is 3.44. The minimum absolute atomic E-state index is 0. The van der Waals surface area contributed by atoms with Crippen LogP contribution in [0.25, 0.3) is 0 Å². The van der Waals surface area contributed by atoms with E-state index in [-0.39, 0.29) is 18.3 Å². The molecular formula is C15H22Cl2N2OS. The smallest absolute Gasteiger partial charge is 0.223 e. The maximum atomic E-state index is 12.2. The molecule has 0 saturated carbocycles. The molecule has 1 aromatic carbocycles. The van der Waals surface area contributed by atoms with E-state index in [1.54, 1.807) is 11.8 Å². The number of benzene rings is 1. The van der Waals surface area contributed by atoms with Gasteiger partial charge in [0.25, 0.3) is 0 Å². The molecule has 118 valence electrons. The summed E-state index contributed by atoms with van der Waals surface area (Å²) in [6.07, 6.45) is 1.58. The Hall–Kier alpha value is -0.420. The van der Waals surface area contributed by atoms with Gasteiger partial charge in [0.05, 0.1) is 5.02 Å². The first-order valence-corrected chi connectivity index (χ1v) is 8.35. The van der Waals surface area contributed by atoms with Crippen LogP contribution >= 0.6 is 35.8 Å². The van der Waals surface area contributed by atoms with Gasteiger partial charge < -0.3 is 10.6 Å². The van der Waals surface area contributed by atoms with Crippen LogP contribution in [0.5, 0.6) is 0 Å². The van der Waals surface area contributed by atoms with Crippen molar-refractivity contribution in [2.45, 2.75) is 30.7 Å². The highest BCUT2D eigenvalue weighted by Crippen LogP contribution is 2.28. The van der Waals surface area contributed by atoms with E-state index in [0.717, 1.165) is 28.6 Å². The molecule has 1 saturated heterocycles. The Morgan fingerprint density at radius 1 is 1.48 bits per heavy atom. The highest BCUT2D eigenvalue weighted by Gasteiger charge is 2.30. The molecule has 1 aromatic rings. The van der Waals surface area contributed by atoms with Gasteiger partial charge in [-0.3, -0.25) is 4.79 Å². The van der Waals surface area contributed by atoms with Gasteiger partial charge in [-0.25, -0.2) is 0 Å². The summed E-state index contributed by atoms with van der Waals surface area (Å²) >= 11 is 7.74. The Kier molecular flexibility index (Phi) is 7.88. The van der Waals surface area contributed by atoms with E-state index in [1.165, 1.54) is 0 Å². The van der Waals surface area contributed by atoms with Crippen LogP contribution in [-0.4, -0.2) is 35.7 Å². The standard InChI is InChI=1S/C15H21ClN2OS.ClH/c1-11-8-12(9-17)10-18(11)15(19)6-7-20-14-5-3-2-4-13(14)16;/h2-5,11-12H,6-10,17H2,1H3;1H. The van der Waals surface area contributed by atoms with Crippen molar-refractivity contribution in [2.24, 2.45) is 11.7 Å². The number of carbonyl (C=O) groups excluding carboxylic acids is 1. The molecule has 2 unspecified atom stereocenters. The van der Waals surface area contributed by atoms with Crippen molar-refractivity contribution in [1.29, 1.82) is 0 Å². The van der Waals surface area contributed by atoms with Gasteiger partial charge in [-0.1, -0.05) is 23.7 Å². The van der Waals surface area contributed by atoms with Crippen LogP contribution in [-0.2, 0) is 4.79 Å². The van der Waals surface area contributed by atoms with E-state index < -0.39 is 0 Å². The van der Waals surface area contributed by atoms with Gasteiger partial charge >= 0.3 is 0 Å². The SMILES string of the molecule is CC1CC(CN)CN1C(=O)CCSc1ccccc1Cl.Cl. The third kappa shape index (κ3) is 5.06. The summed E-state index contributed by atoms with van der Waals surface area (Å²) < 4.78 is 0. The number of nitrogens with zero attached hydrogens (tertiary/aromatic N) is 1. The number of carbonyl (C=O) groups is 1. The number of nitrogens with two attached hydrogens (primary N) is 1. The molecule has 6 heteroatoms. The molecule has 0 spiro atoms. The third-order valence-corrected chi connectivity index (χ3v) is 5.24. The number of thioether (sulfide) groups is 1. The summed E-state index contributed by atoms with van der Waals surface area (Å²) in [6.45, 7) is 3.59. The lowest BCUT2D eigenvalue weighted by molar-refractivity contribution is -0.131. The van der Waals surface area contributed by atoms with Crippen molar-refractivity contribution < 1.29 is 4.79 Å². The van der Waals surface area contributed by atoms with Crippen LogP contribution < -0.4 is 5.73 Å². The average molecular weight is 349 g/mol. The second kappa shape index (κ2) is 8.89. The van der Waals surface area contributed by atoms with Crippen molar-refractivity contribution in [3.8, 4) is 0 Å². The van der Waals surface area contributed by atoms with Gasteiger partial charge in [-0.05, 0) is 37.9 Å². The number of rotatable bonds is 5. The lowest BCUT2D eigenvalue weighted by Crippen LogP contribution is -2.34. The molecule has 2 N–H and O–H groups in total. The zero-order valence-electron chi connectivity index (χ0n) is 12.1. The first kappa shape index (κ1) is 18.6. The van der Waals surface area contributed by atoms with Gasteiger partial charge in [0.2, 0.25) is 5.91 Å². The Balaban J connectivity index is 0.00000220. The number of halogens is 2. The normalized spacial score (nSPS) is 21.2. The minimum atomic E-state index is 0. The average Bonchev–Trinajstić information content (AvgIpc) is 2.82. The minimum Gasteiger partial charge on any atom is -0.340 e. The second-order valence-electron chi connectivity index (χ2n) is 5.26. The summed E-state index contributed by atoms with van der Waals surface area (Å²) in [6, 6.07) is 8.06. The summed E-state index contributed by atoms with van der Waals surface area (Å²) in [5.41, 5.74) is 5.69. The van der Waals surface area contributed by atoms with Crippen LogP contribution in [0.1, 0.15) is 19.8 Å². The fourth-order valence-electron chi connectivity index (χ4n) is 2.61. The van der Waals surface area contributed by atoms with Gasteiger partial charge in [0, 0.05) is 29.7 Å². The molecule has 1 amide bonds. The predicted molar refractivity (Wildman–Crippen MR) is 92.4 cm³/mol. The van der Waals surface area contributed by atoms with Gasteiger partial charge in [0.1, 0.15) is 0 Å². The van der Waals surface area contributed by atoms with E-state index in [9.17, 15) is 4.79 Å². The molecule has 1 heterocycles. The van der Waals surface area contributed by atoms with Crippen LogP contribution in [0.2, 0.25) is 5.02 Å². The zero-order valence-corrected chi connectivity index (χ0v) is 14.5. The fourth-order valence-corrected chi connectivity index (χ4v) is 3.79. The van der Waals surface area contributed by atoms with E-state index >= 15 is 0 Å². The topological polar surface area (TPSA) is 46.3 Å². The molecule has 0 bridgehead atoms. The van der Waals surface area contributed by atoms with E-state index in [1.807, 2.05) is 29.2 Å². The molecule has 0 radical (unpaired) electrons. The van der Waals surface area contributed by atoms with Crippen molar-refractivity contribution in [1.82, 2.24) is 4.90 Å².